The van der Waals surface area contributed by atoms with Gasteiger partial charge in [0.2, 0.25) is 0 Å². The molecular weight excluding hydrogens is 274 g/mol. The maximum Gasteiger partial charge on any atom is 0.267 e. The summed E-state index contributed by atoms with van der Waals surface area (Å²) in [6, 6.07) is 19.2. The minimum atomic E-state index is -0.169. The van der Waals surface area contributed by atoms with Crippen LogP contribution in [0.2, 0.25) is 0 Å². The Morgan fingerprint density at radius 3 is 2.23 bits per heavy atom. The van der Waals surface area contributed by atoms with Gasteiger partial charge in [-0.1, -0.05) is 48.5 Å². The van der Waals surface area contributed by atoms with E-state index < -0.39 is 0 Å². The summed E-state index contributed by atoms with van der Waals surface area (Å²) in [6.45, 7) is 0. The van der Waals surface area contributed by atoms with E-state index in [0.29, 0.717) is 5.39 Å². The van der Waals surface area contributed by atoms with Gasteiger partial charge in [0, 0.05) is 21.5 Å². The lowest BCUT2D eigenvalue weighted by Crippen LogP contribution is -2.12. The van der Waals surface area contributed by atoms with Crippen molar-refractivity contribution in [1.82, 2.24) is 4.40 Å². The molecule has 0 unspecified atom stereocenters. The summed E-state index contributed by atoms with van der Waals surface area (Å²) >= 11 is 0. The Bertz CT molecular complexity index is 1250. The molecule has 0 radical (unpaired) electrons. The third-order valence-corrected chi connectivity index (χ3v) is 4.44. The number of benzene rings is 3. The molecule has 5 rings (SSSR count). The van der Waals surface area contributed by atoms with Gasteiger partial charge in [-0.05, 0) is 12.1 Å². The second kappa shape index (κ2) is 3.77. The summed E-state index contributed by atoms with van der Waals surface area (Å²) in [6.07, 6.45) is 0. The molecule has 0 spiro atoms. The van der Waals surface area contributed by atoms with Gasteiger partial charge in [-0.2, -0.15) is 0 Å². The lowest BCUT2D eigenvalue weighted by molar-refractivity contribution is 0.481. The molecule has 104 valence electrons. The highest BCUT2D eigenvalue weighted by molar-refractivity contribution is 6.20. The second-order valence-electron chi connectivity index (χ2n) is 5.56. The van der Waals surface area contributed by atoms with Crippen LogP contribution in [0.5, 0.6) is 5.75 Å². The van der Waals surface area contributed by atoms with Crippen molar-refractivity contribution < 1.29 is 5.11 Å². The number of pyridine rings is 1. The molecule has 3 heteroatoms. The number of hydrogen-bond acceptors (Lipinski definition) is 2. The number of fused-ring (bicyclic) bond motifs is 5. The summed E-state index contributed by atoms with van der Waals surface area (Å²) in [5.41, 5.74) is 1.63. The summed E-state index contributed by atoms with van der Waals surface area (Å²) < 4.78 is 1.72. The predicted octanol–water partition coefficient (Wildman–Crippen LogP) is 3.90. The highest BCUT2D eigenvalue weighted by Crippen LogP contribution is 2.35. The summed E-state index contributed by atoms with van der Waals surface area (Å²) in [4.78, 5) is 13.0. The van der Waals surface area contributed by atoms with Crippen molar-refractivity contribution in [3.05, 3.63) is 71.0 Å². The van der Waals surface area contributed by atoms with Gasteiger partial charge in [0.05, 0.1) is 16.4 Å². The quantitative estimate of drug-likeness (QED) is 0.438. The first-order valence-corrected chi connectivity index (χ1v) is 7.16. The zero-order valence-corrected chi connectivity index (χ0v) is 11.6. The normalized spacial score (nSPS) is 12.0. The number of phenolic OH excluding ortho intramolecular Hbond substituents is 1. The minimum absolute atomic E-state index is 0.0305. The molecule has 2 aromatic heterocycles. The average molecular weight is 285 g/mol. The molecule has 0 aliphatic rings. The zero-order valence-electron chi connectivity index (χ0n) is 11.6. The largest absolute Gasteiger partial charge is 0.507 e. The zero-order chi connectivity index (χ0) is 14.8. The summed E-state index contributed by atoms with van der Waals surface area (Å²) in [5.74, 6) is 0.0305. The Morgan fingerprint density at radius 2 is 1.36 bits per heavy atom. The fourth-order valence-corrected chi connectivity index (χ4v) is 3.55. The number of rotatable bonds is 0. The van der Waals surface area contributed by atoms with Crippen molar-refractivity contribution in [3.8, 4) is 5.75 Å². The molecule has 22 heavy (non-hydrogen) atoms. The van der Waals surface area contributed by atoms with Crippen LogP contribution in [0.25, 0.3) is 38.0 Å². The van der Waals surface area contributed by atoms with Crippen molar-refractivity contribution in [2.45, 2.75) is 0 Å². The lowest BCUT2D eigenvalue weighted by Gasteiger charge is -2.07. The first-order valence-electron chi connectivity index (χ1n) is 7.16. The molecule has 0 atom stereocenters. The number of hydrogen-bond donors (Lipinski definition) is 1. The molecule has 0 saturated heterocycles. The maximum atomic E-state index is 13.0. The number of phenols is 1. The third kappa shape index (κ3) is 1.20. The molecule has 3 nitrogen and oxygen atoms in total. The van der Waals surface area contributed by atoms with Crippen LogP contribution in [-0.2, 0) is 0 Å². The van der Waals surface area contributed by atoms with Gasteiger partial charge >= 0.3 is 0 Å². The van der Waals surface area contributed by atoms with Gasteiger partial charge < -0.3 is 5.11 Å². The van der Waals surface area contributed by atoms with Gasteiger partial charge in [0.1, 0.15) is 5.75 Å². The molecule has 0 saturated carbocycles. The molecule has 0 aliphatic carbocycles. The van der Waals surface area contributed by atoms with E-state index >= 15 is 0 Å². The monoisotopic (exact) mass is 285 g/mol. The van der Waals surface area contributed by atoms with Gasteiger partial charge in [-0.15, -0.1) is 0 Å². The van der Waals surface area contributed by atoms with Crippen molar-refractivity contribution in [2.24, 2.45) is 0 Å². The van der Waals surface area contributed by atoms with Crippen LogP contribution in [0.1, 0.15) is 0 Å². The number of nitrogens with zero attached hydrogens (tertiary/aromatic N) is 1. The van der Waals surface area contributed by atoms with Crippen LogP contribution in [0.3, 0.4) is 0 Å². The van der Waals surface area contributed by atoms with E-state index in [1.165, 1.54) is 0 Å². The van der Waals surface area contributed by atoms with Crippen molar-refractivity contribution in [2.75, 3.05) is 0 Å². The fraction of sp³-hybridized carbons (Fsp3) is 0. The number of para-hydroxylation sites is 2. The Hall–Kier alpha value is -3.07. The molecular formula is C19H11NO2. The summed E-state index contributed by atoms with van der Waals surface area (Å²) in [7, 11) is 0. The first kappa shape index (κ1) is 11.6. The van der Waals surface area contributed by atoms with Crippen LogP contribution in [0, 0.1) is 0 Å². The van der Waals surface area contributed by atoms with E-state index in [4.69, 9.17) is 0 Å². The standard InChI is InChI=1S/C19H11NO2/c21-16-10-4-6-12-14-8-3-7-13-11-5-1-2-9-15(11)20(18(13)14)19(22)17(12)16/h1-10,21H. The Morgan fingerprint density at radius 1 is 0.727 bits per heavy atom. The molecule has 0 bridgehead atoms. The third-order valence-electron chi connectivity index (χ3n) is 4.44. The molecule has 3 aromatic carbocycles. The SMILES string of the molecule is O=c1c2c(O)cccc2c2cccc3c4ccccc4n1c23. The summed E-state index contributed by atoms with van der Waals surface area (Å²) in [5, 5.41) is 14.5. The second-order valence-corrected chi connectivity index (χ2v) is 5.56. The van der Waals surface area contributed by atoms with E-state index in [2.05, 4.69) is 0 Å². The lowest BCUT2D eigenvalue weighted by atomic mass is 10.0. The number of aromatic hydroxyl groups is 1. The van der Waals surface area contributed by atoms with E-state index in [0.717, 1.165) is 32.6 Å². The molecule has 5 aromatic rings. The van der Waals surface area contributed by atoms with Crippen molar-refractivity contribution in [1.29, 1.82) is 0 Å². The van der Waals surface area contributed by atoms with Crippen LogP contribution in [-0.4, -0.2) is 9.51 Å². The van der Waals surface area contributed by atoms with Crippen molar-refractivity contribution >= 4 is 38.0 Å². The van der Waals surface area contributed by atoms with Gasteiger partial charge in [-0.3, -0.25) is 9.20 Å². The maximum absolute atomic E-state index is 13.0. The fourth-order valence-electron chi connectivity index (χ4n) is 3.55. The molecule has 0 aliphatic heterocycles. The van der Waals surface area contributed by atoms with Gasteiger partial charge in [0.15, 0.2) is 0 Å². The molecule has 0 fully saturated rings. The van der Waals surface area contributed by atoms with Crippen LogP contribution < -0.4 is 5.56 Å². The van der Waals surface area contributed by atoms with E-state index in [1.807, 2.05) is 48.5 Å². The van der Waals surface area contributed by atoms with E-state index in [-0.39, 0.29) is 11.3 Å². The first-order chi connectivity index (χ1) is 10.8. The van der Waals surface area contributed by atoms with Gasteiger partial charge in [-0.25, -0.2) is 0 Å². The Labute approximate surface area is 125 Å². The topological polar surface area (TPSA) is 41.7 Å². The molecule has 2 heterocycles. The van der Waals surface area contributed by atoms with Crippen LogP contribution in [0.4, 0.5) is 0 Å². The van der Waals surface area contributed by atoms with Gasteiger partial charge in [0.25, 0.3) is 5.56 Å². The Kier molecular flexibility index (Phi) is 1.98. The van der Waals surface area contributed by atoms with E-state index in [1.54, 1.807) is 16.5 Å². The van der Waals surface area contributed by atoms with Crippen molar-refractivity contribution in [3.63, 3.8) is 0 Å². The van der Waals surface area contributed by atoms with Crippen LogP contribution in [0.15, 0.2) is 65.5 Å². The van der Waals surface area contributed by atoms with Crippen LogP contribution >= 0.6 is 0 Å². The highest BCUT2D eigenvalue weighted by atomic mass is 16.3. The minimum Gasteiger partial charge on any atom is -0.507 e. The van der Waals surface area contributed by atoms with E-state index in [9.17, 15) is 9.90 Å². The average Bonchev–Trinajstić information content (AvgIpc) is 2.88. The smallest absolute Gasteiger partial charge is 0.267 e. The highest BCUT2D eigenvalue weighted by Gasteiger charge is 2.17. The number of aromatic nitrogens is 1. The molecule has 1 N–H and O–H groups in total. The Balaban J connectivity index is 2.32. The predicted molar refractivity (Wildman–Crippen MR) is 89.0 cm³/mol. The molecule has 0 amide bonds.